The van der Waals surface area contributed by atoms with Gasteiger partial charge in [0.25, 0.3) is 0 Å². The number of halogens is 1. The van der Waals surface area contributed by atoms with Crippen molar-refractivity contribution < 1.29 is 19.0 Å². The van der Waals surface area contributed by atoms with Crippen LogP contribution in [0, 0.1) is 5.82 Å². The summed E-state index contributed by atoms with van der Waals surface area (Å²) in [5, 5.41) is 10.3. The van der Waals surface area contributed by atoms with E-state index < -0.39 is 6.10 Å². The van der Waals surface area contributed by atoms with Gasteiger partial charge in [0.15, 0.2) is 0 Å². The second-order valence-corrected chi connectivity index (χ2v) is 4.82. The molecular formula is C16H15FO3. The van der Waals surface area contributed by atoms with Crippen molar-refractivity contribution in [2.45, 2.75) is 18.6 Å². The number of methoxy groups -OCH3 is 1. The van der Waals surface area contributed by atoms with E-state index in [1.807, 2.05) is 0 Å². The van der Waals surface area contributed by atoms with Gasteiger partial charge in [-0.05, 0) is 35.9 Å². The Balaban J connectivity index is 1.93. The van der Waals surface area contributed by atoms with Crippen LogP contribution in [0.3, 0.4) is 0 Å². The zero-order chi connectivity index (χ0) is 14.1. The number of aliphatic hydroxyl groups excluding tert-OH is 1. The fourth-order valence-corrected chi connectivity index (χ4v) is 2.46. The van der Waals surface area contributed by atoms with Gasteiger partial charge in [-0.25, -0.2) is 4.39 Å². The van der Waals surface area contributed by atoms with Gasteiger partial charge in [0.2, 0.25) is 0 Å². The van der Waals surface area contributed by atoms with Gasteiger partial charge < -0.3 is 14.6 Å². The fraction of sp³-hybridized carbons (Fsp3) is 0.250. The van der Waals surface area contributed by atoms with Crippen LogP contribution in [0.1, 0.15) is 29.8 Å². The molecule has 0 bridgehead atoms. The summed E-state index contributed by atoms with van der Waals surface area (Å²) in [6, 6.07) is 11.6. The third kappa shape index (κ3) is 2.34. The zero-order valence-corrected chi connectivity index (χ0v) is 11.0. The van der Waals surface area contributed by atoms with E-state index in [-0.39, 0.29) is 11.9 Å². The van der Waals surface area contributed by atoms with E-state index in [9.17, 15) is 9.50 Å². The minimum absolute atomic E-state index is 0.305. The monoisotopic (exact) mass is 274 g/mol. The minimum Gasteiger partial charge on any atom is -0.497 e. The fourth-order valence-electron chi connectivity index (χ4n) is 2.46. The van der Waals surface area contributed by atoms with Gasteiger partial charge in [-0.15, -0.1) is 0 Å². The number of hydrogen-bond acceptors (Lipinski definition) is 3. The van der Waals surface area contributed by atoms with Crippen molar-refractivity contribution in [1.82, 2.24) is 0 Å². The smallest absolute Gasteiger partial charge is 0.127 e. The maximum absolute atomic E-state index is 13.3. The lowest BCUT2D eigenvalue weighted by molar-refractivity contribution is 0.0653. The summed E-state index contributed by atoms with van der Waals surface area (Å²) in [4.78, 5) is 0. The number of fused-ring (bicyclic) bond motifs is 1. The van der Waals surface area contributed by atoms with Crippen molar-refractivity contribution in [3.63, 3.8) is 0 Å². The van der Waals surface area contributed by atoms with Crippen molar-refractivity contribution >= 4 is 0 Å². The van der Waals surface area contributed by atoms with Crippen LogP contribution >= 0.6 is 0 Å². The summed E-state index contributed by atoms with van der Waals surface area (Å²) < 4.78 is 24.3. The Morgan fingerprint density at radius 3 is 2.85 bits per heavy atom. The van der Waals surface area contributed by atoms with Crippen molar-refractivity contribution in [1.29, 1.82) is 0 Å². The van der Waals surface area contributed by atoms with Gasteiger partial charge in [0, 0.05) is 12.0 Å². The highest BCUT2D eigenvalue weighted by Gasteiger charge is 2.28. The highest BCUT2D eigenvalue weighted by atomic mass is 19.1. The van der Waals surface area contributed by atoms with Crippen LogP contribution < -0.4 is 9.47 Å². The molecule has 1 N–H and O–H groups in total. The SMILES string of the molecule is COc1ccc2c(c1)C(O)CC(c1cccc(F)c1)O2. The van der Waals surface area contributed by atoms with Gasteiger partial charge in [-0.2, -0.15) is 0 Å². The predicted octanol–water partition coefficient (Wildman–Crippen LogP) is 3.39. The Morgan fingerprint density at radius 1 is 1.25 bits per heavy atom. The Labute approximate surface area is 116 Å². The maximum Gasteiger partial charge on any atom is 0.127 e. The van der Waals surface area contributed by atoms with Gasteiger partial charge in [-0.3, -0.25) is 0 Å². The van der Waals surface area contributed by atoms with Crippen LogP contribution in [0.4, 0.5) is 4.39 Å². The lowest BCUT2D eigenvalue weighted by Gasteiger charge is -2.30. The highest BCUT2D eigenvalue weighted by Crippen LogP contribution is 2.42. The lowest BCUT2D eigenvalue weighted by atomic mass is 9.95. The lowest BCUT2D eigenvalue weighted by Crippen LogP contribution is -2.19. The van der Waals surface area contributed by atoms with Crippen LogP contribution in [0.15, 0.2) is 42.5 Å². The van der Waals surface area contributed by atoms with Crippen LogP contribution in [0.5, 0.6) is 11.5 Å². The molecule has 2 aromatic rings. The summed E-state index contributed by atoms with van der Waals surface area (Å²) in [6.45, 7) is 0. The first-order chi connectivity index (χ1) is 9.67. The second kappa shape index (κ2) is 5.13. The molecule has 3 rings (SSSR count). The molecule has 4 heteroatoms. The van der Waals surface area contributed by atoms with E-state index >= 15 is 0 Å². The molecule has 0 saturated heterocycles. The average molecular weight is 274 g/mol. The summed E-state index contributed by atoms with van der Waals surface area (Å²) in [7, 11) is 1.58. The number of hydrogen-bond donors (Lipinski definition) is 1. The molecule has 20 heavy (non-hydrogen) atoms. The second-order valence-electron chi connectivity index (χ2n) is 4.82. The summed E-state index contributed by atoms with van der Waals surface area (Å²) in [5.74, 6) is 0.982. The van der Waals surface area contributed by atoms with Crippen molar-refractivity contribution in [3.8, 4) is 11.5 Å². The standard InChI is InChI=1S/C16H15FO3/c1-19-12-5-6-15-13(8-12)14(18)9-16(20-15)10-3-2-4-11(17)7-10/h2-8,14,16,18H,9H2,1H3. The first-order valence-electron chi connectivity index (χ1n) is 6.45. The molecule has 2 unspecified atom stereocenters. The van der Waals surface area contributed by atoms with E-state index in [0.717, 1.165) is 5.56 Å². The van der Waals surface area contributed by atoms with Crippen molar-refractivity contribution in [2.75, 3.05) is 7.11 Å². The Hall–Kier alpha value is -2.07. The molecule has 0 spiro atoms. The number of aliphatic hydroxyl groups is 1. The van der Waals surface area contributed by atoms with Crippen LogP contribution in [0.2, 0.25) is 0 Å². The van der Waals surface area contributed by atoms with E-state index in [1.165, 1.54) is 12.1 Å². The molecule has 2 aromatic carbocycles. The first kappa shape index (κ1) is 12.9. The van der Waals surface area contributed by atoms with Gasteiger partial charge in [0.05, 0.1) is 13.2 Å². The summed E-state index contributed by atoms with van der Waals surface area (Å²) >= 11 is 0. The molecule has 0 saturated carbocycles. The molecule has 1 aliphatic rings. The van der Waals surface area contributed by atoms with Crippen LogP contribution in [-0.2, 0) is 0 Å². The third-order valence-corrected chi connectivity index (χ3v) is 3.50. The molecule has 0 aromatic heterocycles. The van der Waals surface area contributed by atoms with Crippen LogP contribution in [0.25, 0.3) is 0 Å². The Kier molecular flexibility index (Phi) is 3.32. The molecule has 1 heterocycles. The molecule has 0 radical (unpaired) electrons. The van der Waals surface area contributed by atoms with E-state index in [2.05, 4.69) is 0 Å². The summed E-state index contributed by atoms with van der Waals surface area (Å²) in [5.41, 5.74) is 1.43. The highest BCUT2D eigenvalue weighted by molar-refractivity contribution is 5.43. The van der Waals surface area contributed by atoms with Gasteiger partial charge in [0.1, 0.15) is 23.4 Å². The van der Waals surface area contributed by atoms with Crippen molar-refractivity contribution in [2.24, 2.45) is 0 Å². The number of benzene rings is 2. The number of ether oxygens (including phenoxy) is 2. The predicted molar refractivity (Wildman–Crippen MR) is 72.3 cm³/mol. The molecule has 0 amide bonds. The minimum atomic E-state index is -0.651. The largest absolute Gasteiger partial charge is 0.497 e. The first-order valence-corrected chi connectivity index (χ1v) is 6.45. The zero-order valence-electron chi connectivity index (χ0n) is 11.0. The summed E-state index contributed by atoms with van der Waals surface area (Å²) in [6.07, 6.45) is -0.604. The van der Waals surface area contributed by atoms with E-state index in [0.29, 0.717) is 23.5 Å². The van der Waals surface area contributed by atoms with E-state index in [4.69, 9.17) is 9.47 Å². The molecule has 0 fully saturated rings. The molecule has 0 aliphatic carbocycles. The molecule has 3 nitrogen and oxygen atoms in total. The Bertz CT molecular complexity index is 627. The molecule has 2 atom stereocenters. The Morgan fingerprint density at radius 2 is 2.10 bits per heavy atom. The average Bonchev–Trinajstić information content (AvgIpc) is 2.47. The third-order valence-electron chi connectivity index (χ3n) is 3.50. The molecular weight excluding hydrogens is 259 g/mol. The van der Waals surface area contributed by atoms with Gasteiger partial charge >= 0.3 is 0 Å². The number of rotatable bonds is 2. The maximum atomic E-state index is 13.3. The van der Waals surface area contributed by atoms with E-state index in [1.54, 1.807) is 37.4 Å². The molecule has 1 aliphatic heterocycles. The molecule has 104 valence electrons. The van der Waals surface area contributed by atoms with Crippen LogP contribution in [-0.4, -0.2) is 12.2 Å². The quantitative estimate of drug-likeness (QED) is 0.912. The normalized spacial score (nSPS) is 20.9. The van der Waals surface area contributed by atoms with Gasteiger partial charge in [-0.1, -0.05) is 12.1 Å². The topological polar surface area (TPSA) is 38.7 Å². The van der Waals surface area contributed by atoms with Crippen molar-refractivity contribution in [3.05, 3.63) is 59.4 Å².